The third-order valence-electron chi connectivity index (χ3n) is 3.98. The zero-order valence-electron chi connectivity index (χ0n) is 12.2. The first-order valence-corrected chi connectivity index (χ1v) is 9.29. The normalized spacial score (nSPS) is 23.3. The minimum Gasteiger partial charge on any atom is -0.462 e. The average molecular weight is 325 g/mol. The third-order valence-corrected chi connectivity index (χ3v) is 6.30. The van der Waals surface area contributed by atoms with Crippen LogP contribution in [0.5, 0.6) is 0 Å². The fourth-order valence-corrected chi connectivity index (χ4v) is 5.00. The zero-order chi connectivity index (χ0) is 15.0. The number of thioether (sulfide) groups is 1. The number of fused-ring (bicyclic) bond motifs is 1. The standard InChI is InChI=1S/C15H19NO3S2/c1-3-19-15(18)12-9-4-5-20-7-11(9)21-14(12)16-13(17)10-6-8(10)2/h8,10H,3-7H2,1-2H3,(H,16,17)/t8-,10+/m0/s1. The van der Waals surface area contributed by atoms with Crippen molar-refractivity contribution in [2.24, 2.45) is 11.8 Å². The van der Waals surface area contributed by atoms with Gasteiger partial charge in [0.1, 0.15) is 5.00 Å². The van der Waals surface area contributed by atoms with Crippen molar-refractivity contribution in [2.45, 2.75) is 32.4 Å². The molecule has 0 radical (unpaired) electrons. The lowest BCUT2D eigenvalue weighted by molar-refractivity contribution is -0.117. The zero-order valence-corrected chi connectivity index (χ0v) is 13.9. The summed E-state index contributed by atoms with van der Waals surface area (Å²) in [6.07, 6.45) is 1.82. The van der Waals surface area contributed by atoms with Crippen molar-refractivity contribution < 1.29 is 14.3 Å². The summed E-state index contributed by atoms with van der Waals surface area (Å²) < 4.78 is 5.18. The van der Waals surface area contributed by atoms with Gasteiger partial charge in [-0.1, -0.05) is 6.92 Å². The topological polar surface area (TPSA) is 55.4 Å². The van der Waals surface area contributed by atoms with E-state index in [1.54, 1.807) is 6.92 Å². The number of hydrogen-bond acceptors (Lipinski definition) is 5. The molecule has 1 N–H and O–H groups in total. The molecule has 6 heteroatoms. The summed E-state index contributed by atoms with van der Waals surface area (Å²) in [5.74, 6) is 2.24. The van der Waals surface area contributed by atoms with E-state index < -0.39 is 0 Å². The van der Waals surface area contributed by atoms with Gasteiger partial charge >= 0.3 is 5.97 Å². The highest BCUT2D eigenvalue weighted by Crippen LogP contribution is 2.42. The Morgan fingerprint density at radius 1 is 1.43 bits per heavy atom. The van der Waals surface area contributed by atoms with Crippen LogP contribution in [0.1, 0.15) is 41.1 Å². The van der Waals surface area contributed by atoms with Gasteiger partial charge in [0.15, 0.2) is 0 Å². The molecule has 1 amide bonds. The molecule has 0 aromatic carbocycles. The van der Waals surface area contributed by atoms with E-state index in [1.807, 2.05) is 11.8 Å². The lowest BCUT2D eigenvalue weighted by atomic mass is 10.1. The number of amides is 1. The Balaban J connectivity index is 1.89. The second kappa shape index (κ2) is 6.01. The molecule has 4 nitrogen and oxygen atoms in total. The molecule has 0 bridgehead atoms. The van der Waals surface area contributed by atoms with Gasteiger partial charge in [-0.2, -0.15) is 11.8 Å². The summed E-state index contributed by atoms with van der Waals surface area (Å²) in [4.78, 5) is 25.6. The molecular weight excluding hydrogens is 306 g/mol. The van der Waals surface area contributed by atoms with E-state index in [0.717, 1.165) is 29.9 Å². The highest BCUT2D eigenvalue weighted by molar-refractivity contribution is 7.98. The highest BCUT2D eigenvalue weighted by Gasteiger charge is 2.40. The molecule has 2 heterocycles. The number of nitrogens with one attached hydrogen (secondary N) is 1. The molecule has 1 aromatic heterocycles. The van der Waals surface area contributed by atoms with Crippen LogP contribution < -0.4 is 5.32 Å². The number of ether oxygens (including phenoxy) is 1. The number of rotatable bonds is 4. The molecule has 1 fully saturated rings. The molecule has 0 saturated heterocycles. The van der Waals surface area contributed by atoms with E-state index in [1.165, 1.54) is 16.2 Å². The van der Waals surface area contributed by atoms with E-state index in [2.05, 4.69) is 12.2 Å². The minimum absolute atomic E-state index is 0.0410. The van der Waals surface area contributed by atoms with Crippen LogP contribution in [-0.2, 0) is 21.7 Å². The maximum atomic E-state index is 12.3. The predicted molar refractivity (Wildman–Crippen MR) is 86.0 cm³/mol. The Bertz CT molecular complexity index is 582. The van der Waals surface area contributed by atoms with Gasteiger partial charge in [-0.05, 0) is 37.0 Å². The number of esters is 1. The minimum atomic E-state index is -0.305. The summed E-state index contributed by atoms with van der Waals surface area (Å²) in [5, 5.41) is 3.65. The van der Waals surface area contributed by atoms with Crippen molar-refractivity contribution in [3.05, 3.63) is 16.0 Å². The van der Waals surface area contributed by atoms with E-state index in [4.69, 9.17) is 4.74 Å². The molecule has 3 rings (SSSR count). The van der Waals surface area contributed by atoms with Gasteiger partial charge in [-0.25, -0.2) is 4.79 Å². The summed E-state index contributed by atoms with van der Waals surface area (Å²) in [7, 11) is 0. The number of anilines is 1. The molecule has 2 aliphatic rings. The second-order valence-corrected chi connectivity index (χ2v) is 7.75. The SMILES string of the molecule is CCOC(=O)c1c(NC(=O)[C@@H]2C[C@@H]2C)sc2c1CCSC2. The molecule has 1 aliphatic heterocycles. The van der Waals surface area contributed by atoms with Gasteiger partial charge in [-0.3, -0.25) is 4.79 Å². The monoisotopic (exact) mass is 325 g/mol. The predicted octanol–water partition coefficient (Wildman–Crippen LogP) is 3.31. The molecule has 21 heavy (non-hydrogen) atoms. The van der Waals surface area contributed by atoms with E-state index in [-0.39, 0.29) is 17.8 Å². The lowest BCUT2D eigenvalue weighted by Crippen LogP contribution is -2.17. The number of carbonyl (C=O) groups is 2. The van der Waals surface area contributed by atoms with Crippen LogP contribution in [0.15, 0.2) is 0 Å². The van der Waals surface area contributed by atoms with Crippen LogP contribution in [0.2, 0.25) is 0 Å². The van der Waals surface area contributed by atoms with Gasteiger partial charge in [0.25, 0.3) is 0 Å². The molecule has 1 saturated carbocycles. The molecule has 0 spiro atoms. The Morgan fingerprint density at radius 3 is 2.86 bits per heavy atom. The summed E-state index contributed by atoms with van der Waals surface area (Å²) >= 11 is 3.41. The van der Waals surface area contributed by atoms with Crippen molar-refractivity contribution in [3.8, 4) is 0 Å². The van der Waals surface area contributed by atoms with Gasteiger partial charge in [0.2, 0.25) is 5.91 Å². The van der Waals surface area contributed by atoms with Gasteiger partial charge in [-0.15, -0.1) is 11.3 Å². The highest BCUT2D eigenvalue weighted by atomic mass is 32.2. The Hall–Kier alpha value is -1.01. The first-order valence-electron chi connectivity index (χ1n) is 7.32. The van der Waals surface area contributed by atoms with Crippen LogP contribution in [0.25, 0.3) is 0 Å². The third kappa shape index (κ3) is 2.97. The Morgan fingerprint density at radius 2 is 2.19 bits per heavy atom. The average Bonchev–Trinajstić information content (AvgIpc) is 3.08. The smallest absolute Gasteiger partial charge is 0.341 e. The van der Waals surface area contributed by atoms with Crippen molar-refractivity contribution in [1.82, 2.24) is 0 Å². The first kappa shape index (κ1) is 14.9. The first-order chi connectivity index (χ1) is 10.1. The Kier molecular flexibility index (Phi) is 4.26. The molecule has 1 aliphatic carbocycles. The van der Waals surface area contributed by atoms with Crippen molar-refractivity contribution in [2.75, 3.05) is 17.7 Å². The van der Waals surface area contributed by atoms with Crippen LogP contribution in [-0.4, -0.2) is 24.2 Å². The van der Waals surface area contributed by atoms with Crippen molar-refractivity contribution in [3.63, 3.8) is 0 Å². The largest absolute Gasteiger partial charge is 0.462 e. The quantitative estimate of drug-likeness (QED) is 0.863. The second-order valence-electron chi connectivity index (χ2n) is 5.54. The maximum Gasteiger partial charge on any atom is 0.341 e. The summed E-state index contributed by atoms with van der Waals surface area (Å²) in [5.41, 5.74) is 1.68. The van der Waals surface area contributed by atoms with E-state index >= 15 is 0 Å². The number of hydrogen-bond donors (Lipinski definition) is 1. The van der Waals surface area contributed by atoms with Crippen LogP contribution >= 0.6 is 23.1 Å². The van der Waals surface area contributed by atoms with Crippen LogP contribution in [0.4, 0.5) is 5.00 Å². The number of carbonyl (C=O) groups excluding carboxylic acids is 2. The van der Waals surface area contributed by atoms with E-state index in [9.17, 15) is 9.59 Å². The molecule has 2 atom stereocenters. The summed E-state index contributed by atoms with van der Waals surface area (Å²) in [6.45, 7) is 4.23. The fraction of sp³-hybridized carbons (Fsp3) is 0.600. The maximum absolute atomic E-state index is 12.3. The van der Waals surface area contributed by atoms with Gasteiger partial charge < -0.3 is 10.1 Å². The molecule has 114 valence electrons. The molecule has 1 aromatic rings. The van der Waals surface area contributed by atoms with Gasteiger partial charge in [0.05, 0.1) is 12.2 Å². The molecular formula is C15H19NO3S2. The van der Waals surface area contributed by atoms with E-state index in [0.29, 0.717) is 23.1 Å². The Labute approximate surface area is 132 Å². The number of thiophene rings is 1. The van der Waals surface area contributed by atoms with Crippen molar-refractivity contribution in [1.29, 1.82) is 0 Å². The molecule has 0 unspecified atom stereocenters. The van der Waals surface area contributed by atoms with Crippen LogP contribution in [0, 0.1) is 11.8 Å². The fourth-order valence-electron chi connectivity index (χ4n) is 2.63. The summed E-state index contributed by atoms with van der Waals surface area (Å²) in [6, 6.07) is 0. The van der Waals surface area contributed by atoms with Crippen molar-refractivity contribution >= 4 is 40.0 Å². The van der Waals surface area contributed by atoms with Crippen LogP contribution in [0.3, 0.4) is 0 Å². The van der Waals surface area contributed by atoms with Gasteiger partial charge in [0, 0.05) is 16.5 Å². The lowest BCUT2D eigenvalue weighted by Gasteiger charge is -2.12.